The Balaban J connectivity index is 4.40. The summed E-state index contributed by atoms with van der Waals surface area (Å²) in [5, 5.41) is 44.8. The molecule has 2 unspecified atom stereocenters. The first kappa shape index (κ1) is 17.4. The van der Waals surface area contributed by atoms with E-state index in [2.05, 4.69) is 4.52 Å². The number of aliphatic hydroxyl groups excluding tert-OH is 4. The van der Waals surface area contributed by atoms with Crippen molar-refractivity contribution >= 4 is 13.7 Å². The Morgan fingerprint density at radius 2 is 1.67 bits per heavy atom. The van der Waals surface area contributed by atoms with Crippen LogP contribution in [0.3, 0.4) is 0 Å². The smallest absolute Gasteiger partial charge is 0.388 e. The number of carbonyl (C=O) groups is 1. The van der Waals surface area contributed by atoms with Gasteiger partial charge >= 0.3 is 7.82 Å². The van der Waals surface area contributed by atoms with Gasteiger partial charge < -0.3 is 30.2 Å². The first-order valence-electron chi connectivity index (χ1n) is 4.46. The fourth-order valence-electron chi connectivity index (χ4n) is 0.908. The number of aliphatic hydroxyl groups is 4. The normalized spacial score (nSPS) is 18.8. The summed E-state index contributed by atoms with van der Waals surface area (Å²) < 4.78 is 14.1. The lowest BCUT2D eigenvalue weighted by atomic mass is 10.0. The molecule has 0 aromatic rings. The summed E-state index contributed by atoms with van der Waals surface area (Å²) in [5.41, 5.74) is 0.998. The molecular formula is C6H14NO10P. The van der Waals surface area contributed by atoms with Crippen LogP contribution in [-0.2, 0) is 13.9 Å². The molecule has 0 fully saturated rings. The molecule has 0 aromatic heterocycles. The van der Waals surface area contributed by atoms with Crippen molar-refractivity contribution in [1.29, 1.82) is 0 Å². The SMILES string of the molecule is O=C(NO)C(O)[C@@H](O)[C@H](O)C(O)COP(=O)(O)O. The zero-order valence-corrected chi connectivity index (χ0v) is 9.71. The van der Waals surface area contributed by atoms with Gasteiger partial charge in [-0.05, 0) is 0 Å². The molecule has 0 saturated carbocycles. The van der Waals surface area contributed by atoms with Crippen molar-refractivity contribution in [1.82, 2.24) is 5.48 Å². The van der Waals surface area contributed by atoms with Crippen molar-refractivity contribution in [2.75, 3.05) is 6.61 Å². The molecule has 11 nitrogen and oxygen atoms in total. The van der Waals surface area contributed by atoms with Gasteiger partial charge in [-0.3, -0.25) is 14.5 Å². The van der Waals surface area contributed by atoms with Crippen LogP contribution < -0.4 is 5.48 Å². The van der Waals surface area contributed by atoms with Gasteiger partial charge in [0, 0.05) is 0 Å². The van der Waals surface area contributed by atoms with Crippen molar-refractivity contribution in [2.24, 2.45) is 0 Å². The lowest BCUT2D eigenvalue weighted by Gasteiger charge is -2.25. The van der Waals surface area contributed by atoms with E-state index in [-0.39, 0.29) is 0 Å². The first-order valence-corrected chi connectivity index (χ1v) is 5.99. The minimum absolute atomic E-state index is 0.998. The highest BCUT2D eigenvalue weighted by molar-refractivity contribution is 7.46. The van der Waals surface area contributed by atoms with Gasteiger partial charge in [0.25, 0.3) is 5.91 Å². The molecule has 0 aromatic carbocycles. The summed E-state index contributed by atoms with van der Waals surface area (Å²) in [7, 11) is -4.87. The maximum Gasteiger partial charge on any atom is 0.469 e. The van der Waals surface area contributed by atoms with E-state index < -0.39 is 44.8 Å². The largest absolute Gasteiger partial charge is 0.469 e. The predicted molar refractivity (Wildman–Crippen MR) is 52.0 cm³/mol. The van der Waals surface area contributed by atoms with Crippen molar-refractivity contribution in [3.8, 4) is 0 Å². The monoisotopic (exact) mass is 291 g/mol. The predicted octanol–water partition coefficient (Wildman–Crippen LogP) is -3.96. The molecule has 0 aliphatic carbocycles. The van der Waals surface area contributed by atoms with Crippen LogP contribution in [0.25, 0.3) is 0 Å². The molecule has 0 bridgehead atoms. The molecule has 8 N–H and O–H groups in total. The molecule has 0 radical (unpaired) electrons. The zero-order chi connectivity index (χ0) is 14.5. The molecule has 12 heteroatoms. The van der Waals surface area contributed by atoms with E-state index in [0.29, 0.717) is 0 Å². The molecule has 0 heterocycles. The fourth-order valence-corrected chi connectivity index (χ4v) is 1.25. The van der Waals surface area contributed by atoms with Crippen LogP contribution in [0.4, 0.5) is 0 Å². The Morgan fingerprint density at radius 3 is 2.06 bits per heavy atom. The third-order valence-corrected chi connectivity index (χ3v) is 2.35. The molecular weight excluding hydrogens is 277 g/mol. The first-order chi connectivity index (χ1) is 8.10. The van der Waals surface area contributed by atoms with Crippen LogP contribution in [0, 0.1) is 0 Å². The maximum absolute atomic E-state index is 10.7. The minimum Gasteiger partial charge on any atom is -0.388 e. The average molecular weight is 291 g/mol. The lowest BCUT2D eigenvalue weighted by molar-refractivity contribution is -0.155. The van der Waals surface area contributed by atoms with E-state index in [0.717, 1.165) is 5.48 Å². The molecule has 18 heavy (non-hydrogen) atoms. The maximum atomic E-state index is 10.7. The molecule has 0 spiro atoms. The number of rotatable bonds is 7. The quantitative estimate of drug-likeness (QED) is 0.130. The van der Waals surface area contributed by atoms with Gasteiger partial charge in [-0.15, -0.1) is 0 Å². The second-order valence-corrected chi connectivity index (χ2v) is 4.50. The topological polar surface area (TPSA) is 197 Å². The number of nitrogens with one attached hydrogen (secondary N) is 1. The highest BCUT2D eigenvalue weighted by Crippen LogP contribution is 2.35. The van der Waals surface area contributed by atoms with Crippen molar-refractivity contribution < 1.29 is 49.3 Å². The van der Waals surface area contributed by atoms with E-state index >= 15 is 0 Å². The summed E-state index contributed by atoms with van der Waals surface area (Å²) in [5.74, 6) is -1.44. The second kappa shape index (κ2) is 7.09. The standard InChI is InChI=1S/C6H14NO10P/c8-2(1-17-18(14,15)16)3(9)4(10)5(11)6(12)7-13/h2-5,8-11,13H,1H2,(H,7,12)(H2,14,15,16)/t2?,3-,4+,5?/m1/s1. The third-order valence-electron chi connectivity index (χ3n) is 1.86. The number of carbonyl (C=O) groups excluding carboxylic acids is 1. The Hall–Kier alpha value is -0.620. The summed E-state index contributed by atoms with van der Waals surface area (Å²) >= 11 is 0. The van der Waals surface area contributed by atoms with E-state index in [1.54, 1.807) is 0 Å². The number of phosphoric ester groups is 1. The Kier molecular flexibility index (Phi) is 6.84. The highest BCUT2D eigenvalue weighted by atomic mass is 31.2. The van der Waals surface area contributed by atoms with E-state index in [9.17, 15) is 24.7 Å². The summed E-state index contributed by atoms with van der Waals surface area (Å²) in [6, 6.07) is 0. The van der Waals surface area contributed by atoms with Crippen LogP contribution in [0.15, 0.2) is 0 Å². The van der Waals surface area contributed by atoms with E-state index in [1.807, 2.05) is 0 Å². The summed E-state index contributed by atoms with van der Waals surface area (Å²) in [4.78, 5) is 27.3. The minimum atomic E-state index is -4.87. The third kappa shape index (κ3) is 5.82. The van der Waals surface area contributed by atoms with E-state index in [4.69, 9.17) is 20.1 Å². The van der Waals surface area contributed by atoms with Crippen LogP contribution in [0.2, 0.25) is 0 Å². The summed E-state index contributed by atoms with van der Waals surface area (Å²) in [6.07, 6.45) is -8.57. The number of phosphoric acid groups is 1. The van der Waals surface area contributed by atoms with Gasteiger partial charge in [0.05, 0.1) is 6.61 Å². The average Bonchev–Trinajstić information content (AvgIpc) is 2.31. The second-order valence-electron chi connectivity index (χ2n) is 3.26. The number of hydrogen-bond donors (Lipinski definition) is 8. The van der Waals surface area contributed by atoms with Crippen LogP contribution in [0.5, 0.6) is 0 Å². The van der Waals surface area contributed by atoms with Crippen molar-refractivity contribution in [3.05, 3.63) is 0 Å². The van der Waals surface area contributed by atoms with Gasteiger partial charge in [-0.2, -0.15) is 0 Å². The Labute approximate surface area is 100 Å². The lowest BCUT2D eigenvalue weighted by Crippen LogP contribution is -2.51. The molecule has 0 aliphatic rings. The van der Waals surface area contributed by atoms with Crippen LogP contribution in [-0.4, -0.2) is 72.4 Å². The van der Waals surface area contributed by atoms with E-state index in [1.165, 1.54) is 0 Å². The summed E-state index contributed by atoms with van der Waals surface area (Å²) in [6.45, 7) is -1.05. The van der Waals surface area contributed by atoms with Gasteiger partial charge in [0.15, 0.2) is 6.10 Å². The fraction of sp³-hybridized carbons (Fsp3) is 0.833. The van der Waals surface area contributed by atoms with Gasteiger partial charge in [0.1, 0.15) is 18.3 Å². The van der Waals surface area contributed by atoms with Gasteiger partial charge in [0.2, 0.25) is 0 Å². The molecule has 0 saturated heterocycles. The van der Waals surface area contributed by atoms with Gasteiger partial charge in [-0.1, -0.05) is 0 Å². The van der Waals surface area contributed by atoms with Crippen molar-refractivity contribution in [3.63, 3.8) is 0 Å². The van der Waals surface area contributed by atoms with Crippen LogP contribution in [0.1, 0.15) is 0 Å². The van der Waals surface area contributed by atoms with Crippen LogP contribution >= 0.6 is 7.82 Å². The Bertz CT molecular complexity index is 317. The number of hydrogen-bond acceptors (Lipinski definition) is 8. The molecule has 1 amide bonds. The highest BCUT2D eigenvalue weighted by Gasteiger charge is 2.35. The molecule has 0 aliphatic heterocycles. The number of amides is 1. The molecule has 0 rings (SSSR count). The van der Waals surface area contributed by atoms with Crippen molar-refractivity contribution in [2.45, 2.75) is 24.4 Å². The Morgan fingerprint density at radius 1 is 1.17 bits per heavy atom. The number of hydroxylamine groups is 1. The molecule has 108 valence electrons. The molecule has 4 atom stereocenters. The zero-order valence-electron chi connectivity index (χ0n) is 8.82. The van der Waals surface area contributed by atoms with Gasteiger partial charge in [-0.25, -0.2) is 10.0 Å².